The van der Waals surface area contributed by atoms with Crippen molar-refractivity contribution in [1.29, 1.82) is 0 Å². The summed E-state index contributed by atoms with van der Waals surface area (Å²) in [5, 5.41) is 19.3. The molecule has 0 saturated heterocycles. The maximum absolute atomic E-state index is 13.7. The lowest BCUT2D eigenvalue weighted by Gasteiger charge is -2.26. The summed E-state index contributed by atoms with van der Waals surface area (Å²) in [6.07, 6.45) is 0.956. The SMILES string of the molecule is CC(C)(C)OC(=O)N1CCc2[nH]c3nnc(-c4cccc(F)c4O)cc3c2CC1. The minimum Gasteiger partial charge on any atom is -0.504 e. The molecule has 2 N–H and O–H groups in total. The Morgan fingerprint density at radius 2 is 2.00 bits per heavy atom. The highest BCUT2D eigenvalue weighted by atomic mass is 19.1. The molecule has 3 aromatic rings. The van der Waals surface area contributed by atoms with Crippen molar-refractivity contribution in [3.8, 4) is 17.0 Å². The number of nitrogens with zero attached hydrogens (tertiary/aromatic N) is 3. The number of benzene rings is 1. The fraction of sp³-hybridized carbons (Fsp3) is 0.381. The molecule has 29 heavy (non-hydrogen) atoms. The van der Waals surface area contributed by atoms with Crippen LogP contribution in [0, 0.1) is 5.82 Å². The topological polar surface area (TPSA) is 91.3 Å². The molecule has 1 aliphatic rings. The summed E-state index contributed by atoms with van der Waals surface area (Å²) in [7, 11) is 0. The maximum atomic E-state index is 13.7. The average molecular weight is 398 g/mol. The third-order valence-corrected chi connectivity index (χ3v) is 4.93. The van der Waals surface area contributed by atoms with E-state index in [4.69, 9.17) is 4.74 Å². The zero-order chi connectivity index (χ0) is 20.8. The smallest absolute Gasteiger partial charge is 0.410 e. The second-order valence-corrected chi connectivity index (χ2v) is 8.18. The number of H-pyrrole nitrogens is 1. The van der Waals surface area contributed by atoms with E-state index < -0.39 is 17.2 Å². The van der Waals surface area contributed by atoms with Crippen LogP contribution in [0.1, 0.15) is 32.0 Å². The van der Waals surface area contributed by atoms with Crippen LogP contribution in [-0.2, 0) is 17.6 Å². The molecule has 3 heterocycles. The van der Waals surface area contributed by atoms with E-state index in [1.165, 1.54) is 12.1 Å². The van der Waals surface area contributed by atoms with Crippen LogP contribution in [-0.4, -0.2) is 50.0 Å². The molecule has 1 aromatic carbocycles. The highest BCUT2D eigenvalue weighted by Crippen LogP contribution is 2.33. The molecule has 0 spiro atoms. The van der Waals surface area contributed by atoms with Crippen molar-refractivity contribution in [2.75, 3.05) is 13.1 Å². The fourth-order valence-corrected chi connectivity index (χ4v) is 3.56. The number of hydrogen-bond acceptors (Lipinski definition) is 5. The molecule has 152 valence electrons. The van der Waals surface area contributed by atoms with Crippen LogP contribution in [0.3, 0.4) is 0 Å². The molecule has 0 saturated carbocycles. The Bertz CT molecular complexity index is 1090. The summed E-state index contributed by atoms with van der Waals surface area (Å²) < 4.78 is 19.2. The van der Waals surface area contributed by atoms with E-state index in [0.717, 1.165) is 16.6 Å². The number of phenols is 1. The summed E-state index contributed by atoms with van der Waals surface area (Å²) in [6.45, 7) is 6.61. The number of fused-ring (bicyclic) bond motifs is 3. The van der Waals surface area contributed by atoms with Gasteiger partial charge in [-0.05, 0) is 51.0 Å². The van der Waals surface area contributed by atoms with Crippen LogP contribution in [0.15, 0.2) is 24.3 Å². The summed E-state index contributed by atoms with van der Waals surface area (Å²) in [4.78, 5) is 17.4. The molecule has 0 unspecified atom stereocenters. The van der Waals surface area contributed by atoms with Crippen LogP contribution in [0.5, 0.6) is 5.75 Å². The van der Waals surface area contributed by atoms with E-state index in [1.54, 1.807) is 17.0 Å². The van der Waals surface area contributed by atoms with E-state index in [2.05, 4.69) is 15.2 Å². The van der Waals surface area contributed by atoms with E-state index in [-0.39, 0.29) is 6.09 Å². The monoisotopic (exact) mass is 398 g/mol. The number of carbonyl (C=O) groups is 1. The molecule has 1 amide bonds. The zero-order valence-electron chi connectivity index (χ0n) is 16.6. The van der Waals surface area contributed by atoms with Gasteiger partial charge in [-0.3, -0.25) is 0 Å². The van der Waals surface area contributed by atoms with E-state index >= 15 is 0 Å². The van der Waals surface area contributed by atoms with Gasteiger partial charge in [0.25, 0.3) is 0 Å². The van der Waals surface area contributed by atoms with Gasteiger partial charge < -0.3 is 19.7 Å². The number of phenolic OH excluding ortho intramolecular Hbond substituents is 1. The first-order chi connectivity index (χ1) is 13.7. The summed E-state index contributed by atoms with van der Waals surface area (Å²) in [6, 6.07) is 6.12. The molecule has 4 rings (SSSR count). The molecular weight excluding hydrogens is 375 g/mol. The van der Waals surface area contributed by atoms with Gasteiger partial charge in [0.2, 0.25) is 0 Å². The molecule has 0 aliphatic carbocycles. The minimum atomic E-state index is -0.703. The van der Waals surface area contributed by atoms with Gasteiger partial charge in [0.05, 0.1) is 5.69 Å². The number of aromatic hydroxyl groups is 1. The number of para-hydroxylation sites is 1. The quantitative estimate of drug-likeness (QED) is 0.651. The lowest BCUT2D eigenvalue weighted by Crippen LogP contribution is -2.38. The van der Waals surface area contributed by atoms with Crippen LogP contribution >= 0.6 is 0 Å². The Kier molecular flexibility index (Phi) is 4.64. The Labute approximate surface area is 167 Å². The van der Waals surface area contributed by atoms with E-state index in [1.807, 2.05) is 20.8 Å². The highest BCUT2D eigenvalue weighted by Gasteiger charge is 2.26. The first-order valence-electron chi connectivity index (χ1n) is 9.56. The highest BCUT2D eigenvalue weighted by molar-refractivity contribution is 5.85. The first kappa shape index (κ1) is 19.2. The van der Waals surface area contributed by atoms with Gasteiger partial charge in [-0.25, -0.2) is 9.18 Å². The van der Waals surface area contributed by atoms with Crippen LogP contribution < -0.4 is 0 Å². The van der Waals surface area contributed by atoms with Gasteiger partial charge in [0, 0.05) is 36.2 Å². The molecule has 0 radical (unpaired) electrons. The van der Waals surface area contributed by atoms with Crippen molar-refractivity contribution in [3.63, 3.8) is 0 Å². The van der Waals surface area contributed by atoms with E-state index in [9.17, 15) is 14.3 Å². The van der Waals surface area contributed by atoms with Crippen molar-refractivity contribution in [2.45, 2.75) is 39.2 Å². The molecule has 0 fully saturated rings. The summed E-state index contributed by atoms with van der Waals surface area (Å²) >= 11 is 0. The van der Waals surface area contributed by atoms with Crippen LogP contribution in [0.2, 0.25) is 0 Å². The van der Waals surface area contributed by atoms with E-state index in [0.29, 0.717) is 42.8 Å². The fourth-order valence-electron chi connectivity index (χ4n) is 3.56. The Balaban J connectivity index is 1.65. The van der Waals surface area contributed by atoms with Gasteiger partial charge in [-0.1, -0.05) is 6.07 Å². The Morgan fingerprint density at radius 3 is 2.76 bits per heavy atom. The second-order valence-electron chi connectivity index (χ2n) is 8.18. The molecule has 1 aliphatic heterocycles. The summed E-state index contributed by atoms with van der Waals surface area (Å²) in [5.74, 6) is -1.15. The standard InChI is InChI=1S/C21H23FN4O3/c1-21(2,3)29-20(28)26-9-7-12-14-11-17(13-5-4-6-15(22)18(13)27)24-25-19(14)23-16(12)8-10-26/h4-6,11,27H,7-10H2,1-3H3,(H,23,25). The van der Waals surface area contributed by atoms with Gasteiger partial charge >= 0.3 is 6.09 Å². The number of nitrogens with one attached hydrogen (secondary N) is 1. The normalized spacial score (nSPS) is 14.6. The predicted molar refractivity (Wildman–Crippen MR) is 106 cm³/mol. The lowest BCUT2D eigenvalue weighted by molar-refractivity contribution is 0.0258. The molecule has 2 aromatic heterocycles. The van der Waals surface area contributed by atoms with Crippen molar-refractivity contribution in [2.24, 2.45) is 0 Å². The Morgan fingerprint density at radius 1 is 1.24 bits per heavy atom. The number of rotatable bonds is 1. The molecule has 8 heteroatoms. The minimum absolute atomic E-state index is 0.290. The van der Waals surface area contributed by atoms with Crippen molar-refractivity contribution in [1.82, 2.24) is 20.1 Å². The predicted octanol–water partition coefficient (Wildman–Crippen LogP) is 3.81. The molecular formula is C21H23FN4O3. The average Bonchev–Trinajstić information content (AvgIpc) is 2.85. The number of aromatic amines is 1. The van der Waals surface area contributed by atoms with Crippen molar-refractivity contribution >= 4 is 17.1 Å². The van der Waals surface area contributed by atoms with Crippen LogP contribution in [0.4, 0.5) is 9.18 Å². The van der Waals surface area contributed by atoms with Crippen LogP contribution in [0.25, 0.3) is 22.3 Å². The lowest BCUT2D eigenvalue weighted by atomic mass is 10.1. The summed E-state index contributed by atoms with van der Waals surface area (Å²) in [5.41, 5.74) is 2.84. The molecule has 0 bridgehead atoms. The molecule has 7 nitrogen and oxygen atoms in total. The maximum Gasteiger partial charge on any atom is 0.410 e. The second kappa shape index (κ2) is 7.02. The number of ether oxygens (including phenoxy) is 1. The first-order valence-corrected chi connectivity index (χ1v) is 9.56. The van der Waals surface area contributed by atoms with Gasteiger partial charge in [0.1, 0.15) is 5.60 Å². The van der Waals surface area contributed by atoms with Gasteiger partial charge in [0.15, 0.2) is 17.2 Å². The zero-order valence-corrected chi connectivity index (χ0v) is 16.6. The van der Waals surface area contributed by atoms with Gasteiger partial charge in [-0.15, -0.1) is 10.2 Å². The van der Waals surface area contributed by atoms with Crippen molar-refractivity contribution < 1.29 is 19.0 Å². The number of halogens is 1. The number of amides is 1. The number of aromatic nitrogens is 3. The third kappa shape index (κ3) is 3.74. The van der Waals surface area contributed by atoms with Crippen molar-refractivity contribution in [3.05, 3.63) is 41.3 Å². The third-order valence-electron chi connectivity index (χ3n) is 4.93. The molecule has 0 atom stereocenters. The number of carbonyl (C=O) groups excluding carboxylic acids is 1. The Hall–Kier alpha value is -3.16. The van der Waals surface area contributed by atoms with Gasteiger partial charge in [-0.2, -0.15) is 0 Å². The largest absolute Gasteiger partial charge is 0.504 e. The number of hydrogen-bond donors (Lipinski definition) is 2.